The summed E-state index contributed by atoms with van der Waals surface area (Å²) in [5.41, 5.74) is 0.701. The largest absolute Gasteiger partial charge is 0.495 e. The van der Waals surface area contributed by atoms with Crippen LogP contribution >= 0.6 is 0 Å². The molecular formula is C12H10O4. The van der Waals surface area contributed by atoms with Crippen LogP contribution in [0.3, 0.4) is 0 Å². The molecule has 1 aromatic carbocycles. The number of ether oxygens (including phenoxy) is 1. The molecule has 0 aliphatic carbocycles. The predicted octanol–water partition coefficient (Wildman–Crippen LogP) is 1.33. The smallest absolute Gasteiger partial charge is 0.335 e. The van der Waals surface area contributed by atoms with E-state index in [2.05, 4.69) is 11.8 Å². The SMILES string of the molecule is COc1cc(C(=O)O)ccc1C#CCC=O. The van der Waals surface area contributed by atoms with Gasteiger partial charge in [0.05, 0.1) is 24.7 Å². The minimum atomic E-state index is -1.02. The molecule has 0 aliphatic heterocycles. The van der Waals surface area contributed by atoms with Crippen molar-refractivity contribution in [1.29, 1.82) is 0 Å². The summed E-state index contributed by atoms with van der Waals surface area (Å²) in [5.74, 6) is 4.73. The molecule has 0 saturated carbocycles. The molecule has 1 aromatic rings. The average molecular weight is 218 g/mol. The highest BCUT2D eigenvalue weighted by Crippen LogP contribution is 2.19. The highest BCUT2D eigenvalue weighted by Gasteiger charge is 2.06. The minimum absolute atomic E-state index is 0.137. The quantitative estimate of drug-likeness (QED) is 0.614. The normalized spacial score (nSPS) is 8.81. The van der Waals surface area contributed by atoms with Gasteiger partial charge >= 0.3 is 5.97 Å². The molecule has 82 valence electrons. The number of methoxy groups -OCH3 is 1. The van der Waals surface area contributed by atoms with Gasteiger partial charge in [0.2, 0.25) is 0 Å². The van der Waals surface area contributed by atoms with Crippen molar-refractivity contribution in [1.82, 2.24) is 0 Å². The fourth-order valence-electron chi connectivity index (χ4n) is 1.12. The maximum atomic E-state index is 10.7. The number of aldehydes is 1. The first kappa shape index (κ1) is 11.8. The van der Waals surface area contributed by atoms with Gasteiger partial charge in [-0.1, -0.05) is 11.8 Å². The third kappa shape index (κ3) is 2.85. The molecule has 0 spiro atoms. The van der Waals surface area contributed by atoms with Gasteiger partial charge in [0.15, 0.2) is 0 Å². The standard InChI is InChI=1S/C12H10O4/c1-16-11-8-10(12(14)15)6-5-9(11)4-2-3-7-13/h5-8H,3H2,1H3,(H,14,15). The fraction of sp³-hybridized carbons (Fsp3) is 0.167. The Kier molecular flexibility index (Phi) is 4.10. The van der Waals surface area contributed by atoms with E-state index >= 15 is 0 Å². The van der Waals surface area contributed by atoms with E-state index in [0.717, 1.165) is 0 Å². The van der Waals surface area contributed by atoms with Crippen molar-refractivity contribution in [2.24, 2.45) is 0 Å². The first-order valence-electron chi connectivity index (χ1n) is 4.53. The summed E-state index contributed by atoms with van der Waals surface area (Å²) in [6.07, 6.45) is 0.842. The van der Waals surface area contributed by atoms with E-state index in [-0.39, 0.29) is 12.0 Å². The number of carbonyl (C=O) groups is 2. The van der Waals surface area contributed by atoms with Crippen LogP contribution in [-0.4, -0.2) is 24.5 Å². The molecule has 0 aromatic heterocycles. The van der Waals surface area contributed by atoms with Gasteiger partial charge in [0, 0.05) is 0 Å². The molecule has 0 amide bonds. The van der Waals surface area contributed by atoms with E-state index in [9.17, 15) is 9.59 Å². The number of carboxylic acid groups (broad SMARTS) is 1. The lowest BCUT2D eigenvalue weighted by Crippen LogP contribution is -1.98. The van der Waals surface area contributed by atoms with Gasteiger partial charge in [-0.25, -0.2) is 4.79 Å². The number of hydrogen-bond donors (Lipinski definition) is 1. The summed E-state index contributed by atoms with van der Waals surface area (Å²) < 4.78 is 5.01. The number of hydrogen-bond acceptors (Lipinski definition) is 3. The van der Waals surface area contributed by atoms with E-state index < -0.39 is 5.97 Å². The van der Waals surface area contributed by atoms with Gasteiger partial charge in [-0.05, 0) is 18.2 Å². The molecule has 1 rings (SSSR count). The lowest BCUT2D eigenvalue weighted by molar-refractivity contribution is -0.107. The van der Waals surface area contributed by atoms with Gasteiger partial charge in [0.1, 0.15) is 12.0 Å². The molecule has 16 heavy (non-hydrogen) atoms. The summed E-state index contributed by atoms with van der Waals surface area (Å²) >= 11 is 0. The first-order valence-corrected chi connectivity index (χ1v) is 4.53. The molecule has 0 unspecified atom stereocenters. The minimum Gasteiger partial charge on any atom is -0.495 e. The maximum absolute atomic E-state index is 10.7. The van der Waals surface area contributed by atoms with Crippen molar-refractivity contribution in [3.05, 3.63) is 29.3 Å². The van der Waals surface area contributed by atoms with Crippen LogP contribution in [0.2, 0.25) is 0 Å². The second-order valence-electron chi connectivity index (χ2n) is 2.89. The number of rotatable bonds is 3. The molecule has 1 N–H and O–H groups in total. The van der Waals surface area contributed by atoms with Crippen LogP contribution < -0.4 is 4.74 Å². The number of carbonyl (C=O) groups excluding carboxylic acids is 1. The van der Waals surface area contributed by atoms with E-state index in [4.69, 9.17) is 9.84 Å². The van der Waals surface area contributed by atoms with Crippen molar-refractivity contribution in [2.75, 3.05) is 7.11 Å². The van der Waals surface area contributed by atoms with E-state index in [1.54, 1.807) is 6.07 Å². The molecule has 0 bridgehead atoms. The Hall–Kier alpha value is -2.28. The van der Waals surface area contributed by atoms with Gasteiger partial charge in [-0.3, -0.25) is 0 Å². The molecule has 0 fully saturated rings. The topological polar surface area (TPSA) is 63.6 Å². The van der Waals surface area contributed by atoms with Crippen molar-refractivity contribution in [3.63, 3.8) is 0 Å². The van der Waals surface area contributed by atoms with Crippen LogP contribution in [0, 0.1) is 11.8 Å². The lowest BCUT2D eigenvalue weighted by atomic mass is 10.1. The highest BCUT2D eigenvalue weighted by atomic mass is 16.5. The van der Waals surface area contributed by atoms with Crippen LogP contribution in [0.4, 0.5) is 0 Å². The third-order valence-electron chi connectivity index (χ3n) is 1.86. The summed E-state index contributed by atoms with van der Waals surface area (Å²) in [5, 5.41) is 8.77. The first-order chi connectivity index (χ1) is 7.69. The second-order valence-corrected chi connectivity index (χ2v) is 2.89. The molecule has 0 aliphatic rings. The Labute approximate surface area is 92.9 Å². The second kappa shape index (κ2) is 5.56. The van der Waals surface area contributed by atoms with Crippen LogP contribution in [0.25, 0.3) is 0 Å². The monoisotopic (exact) mass is 218 g/mol. The molecule has 0 saturated heterocycles. The van der Waals surface area contributed by atoms with E-state index in [0.29, 0.717) is 17.6 Å². The summed E-state index contributed by atoms with van der Waals surface area (Å²) in [7, 11) is 1.44. The van der Waals surface area contributed by atoms with Crippen molar-refractivity contribution < 1.29 is 19.4 Å². The van der Waals surface area contributed by atoms with Gasteiger partial charge in [-0.15, -0.1) is 0 Å². The lowest BCUT2D eigenvalue weighted by Gasteiger charge is -2.03. The van der Waals surface area contributed by atoms with Crippen molar-refractivity contribution in [2.45, 2.75) is 6.42 Å². The zero-order valence-electron chi connectivity index (χ0n) is 8.69. The van der Waals surface area contributed by atoms with Crippen LogP contribution in [0.1, 0.15) is 22.3 Å². The summed E-state index contributed by atoms with van der Waals surface area (Å²) in [4.78, 5) is 20.8. The Morgan fingerprint density at radius 3 is 2.88 bits per heavy atom. The van der Waals surface area contributed by atoms with E-state index in [1.165, 1.54) is 19.2 Å². The van der Waals surface area contributed by atoms with Crippen LogP contribution in [0.15, 0.2) is 18.2 Å². The third-order valence-corrected chi connectivity index (χ3v) is 1.86. The number of carboxylic acids is 1. The predicted molar refractivity (Wildman–Crippen MR) is 57.5 cm³/mol. The average Bonchev–Trinajstić information content (AvgIpc) is 2.29. The molecule has 0 radical (unpaired) electrons. The Bertz CT molecular complexity index is 466. The summed E-state index contributed by atoms with van der Waals surface area (Å²) in [6.45, 7) is 0. The van der Waals surface area contributed by atoms with Gasteiger partial charge < -0.3 is 14.6 Å². The molecule has 4 heteroatoms. The van der Waals surface area contributed by atoms with Crippen molar-refractivity contribution in [3.8, 4) is 17.6 Å². The number of benzene rings is 1. The zero-order valence-corrected chi connectivity index (χ0v) is 8.69. The molecule has 4 nitrogen and oxygen atoms in total. The van der Waals surface area contributed by atoms with Crippen LogP contribution in [0.5, 0.6) is 5.75 Å². The van der Waals surface area contributed by atoms with Crippen LogP contribution in [-0.2, 0) is 4.79 Å². The highest BCUT2D eigenvalue weighted by molar-refractivity contribution is 5.88. The molecule has 0 atom stereocenters. The van der Waals surface area contributed by atoms with Gasteiger partial charge in [-0.2, -0.15) is 0 Å². The zero-order chi connectivity index (χ0) is 12.0. The fourth-order valence-corrected chi connectivity index (χ4v) is 1.12. The molecule has 0 heterocycles. The number of aromatic carboxylic acids is 1. The Morgan fingerprint density at radius 2 is 2.31 bits per heavy atom. The van der Waals surface area contributed by atoms with Crippen molar-refractivity contribution >= 4 is 12.3 Å². The van der Waals surface area contributed by atoms with E-state index in [1.807, 2.05) is 0 Å². The Balaban J connectivity index is 3.08. The summed E-state index contributed by atoms with van der Waals surface area (Å²) in [6, 6.07) is 4.39. The Morgan fingerprint density at radius 1 is 1.56 bits per heavy atom. The molecular weight excluding hydrogens is 208 g/mol. The van der Waals surface area contributed by atoms with Gasteiger partial charge in [0.25, 0.3) is 0 Å². The maximum Gasteiger partial charge on any atom is 0.335 e.